The summed E-state index contributed by atoms with van der Waals surface area (Å²) in [6.07, 6.45) is 3.92. The minimum absolute atomic E-state index is 0.606. The van der Waals surface area contributed by atoms with Crippen LogP contribution in [-0.2, 0) is 0 Å². The summed E-state index contributed by atoms with van der Waals surface area (Å²) < 4.78 is 0. The van der Waals surface area contributed by atoms with Gasteiger partial charge in [-0.3, -0.25) is 0 Å². The first kappa shape index (κ1) is 8.78. The van der Waals surface area contributed by atoms with Gasteiger partial charge in [0.2, 0.25) is 0 Å². The van der Waals surface area contributed by atoms with Crippen LogP contribution in [0.15, 0.2) is 0 Å². The lowest BCUT2D eigenvalue weighted by Crippen LogP contribution is -2.41. The highest BCUT2D eigenvalue weighted by atomic mass is 32.1. The zero-order valence-corrected chi connectivity index (χ0v) is 8.00. The van der Waals surface area contributed by atoms with Crippen molar-refractivity contribution < 1.29 is 0 Å². The molecule has 1 aliphatic rings. The third kappa shape index (κ3) is 2.66. The van der Waals surface area contributed by atoms with E-state index < -0.39 is 0 Å². The number of thiocarbonyl (C=S) groups is 1. The number of rotatable bonds is 3. The molecule has 1 rings (SSSR count). The van der Waals surface area contributed by atoms with Crippen LogP contribution >= 0.6 is 12.2 Å². The molecule has 0 aromatic carbocycles. The molecule has 0 heterocycles. The highest BCUT2D eigenvalue weighted by Crippen LogP contribution is 2.33. The van der Waals surface area contributed by atoms with Crippen molar-refractivity contribution in [2.45, 2.75) is 32.2 Å². The SMILES string of the molecule is CCC(NC(=S)NC)C1CC1. The van der Waals surface area contributed by atoms with Gasteiger partial charge < -0.3 is 10.6 Å². The van der Waals surface area contributed by atoms with Gasteiger partial charge in [0.1, 0.15) is 0 Å². The van der Waals surface area contributed by atoms with Crippen LogP contribution in [-0.4, -0.2) is 18.2 Å². The molecule has 1 fully saturated rings. The molecule has 2 nitrogen and oxygen atoms in total. The third-order valence-corrected chi connectivity index (χ3v) is 2.50. The summed E-state index contributed by atoms with van der Waals surface area (Å²) in [4.78, 5) is 0. The molecule has 0 saturated heterocycles. The van der Waals surface area contributed by atoms with Crippen LogP contribution in [0.5, 0.6) is 0 Å². The Morgan fingerprint density at radius 2 is 2.27 bits per heavy atom. The quantitative estimate of drug-likeness (QED) is 0.627. The second-order valence-corrected chi connectivity index (χ2v) is 3.48. The van der Waals surface area contributed by atoms with E-state index in [1.807, 2.05) is 7.05 Å². The molecule has 1 saturated carbocycles. The van der Waals surface area contributed by atoms with Gasteiger partial charge in [-0.1, -0.05) is 6.92 Å². The molecule has 0 spiro atoms. The van der Waals surface area contributed by atoms with E-state index in [1.54, 1.807) is 0 Å². The standard InChI is InChI=1S/C8H16N2S/c1-3-7(6-4-5-6)10-8(11)9-2/h6-7H,3-5H2,1-2H3,(H2,9,10,11). The van der Waals surface area contributed by atoms with E-state index in [4.69, 9.17) is 12.2 Å². The van der Waals surface area contributed by atoms with Crippen molar-refractivity contribution in [3.05, 3.63) is 0 Å². The van der Waals surface area contributed by atoms with Gasteiger partial charge in [-0.05, 0) is 37.4 Å². The third-order valence-electron chi connectivity index (χ3n) is 2.17. The molecule has 0 aromatic heterocycles. The molecular weight excluding hydrogens is 156 g/mol. The predicted molar refractivity (Wildman–Crippen MR) is 51.6 cm³/mol. The van der Waals surface area contributed by atoms with Crippen LogP contribution < -0.4 is 10.6 Å². The lowest BCUT2D eigenvalue weighted by Gasteiger charge is -2.17. The molecule has 0 aliphatic heterocycles. The summed E-state index contributed by atoms with van der Waals surface area (Å²) in [5.41, 5.74) is 0. The predicted octanol–water partition coefficient (Wildman–Crippen LogP) is 1.27. The second kappa shape index (κ2) is 3.90. The van der Waals surface area contributed by atoms with E-state index in [2.05, 4.69) is 17.6 Å². The summed E-state index contributed by atoms with van der Waals surface area (Å²) in [6.45, 7) is 2.20. The van der Waals surface area contributed by atoms with E-state index >= 15 is 0 Å². The Hall–Kier alpha value is -0.310. The van der Waals surface area contributed by atoms with Crippen LogP contribution in [0.2, 0.25) is 0 Å². The average Bonchev–Trinajstić information content (AvgIpc) is 2.82. The summed E-state index contributed by atoms with van der Waals surface area (Å²) in [5.74, 6) is 0.881. The molecular formula is C8H16N2S. The van der Waals surface area contributed by atoms with Gasteiger partial charge in [-0.2, -0.15) is 0 Å². The molecule has 0 amide bonds. The van der Waals surface area contributed by atoms with Gasteiger partial charge in [0, 0.05) is 13.1 Å². The van der Waals surface area contributed by atoms with Crippen molar-refractivity contribution in [2.75, 3.05) is 7.05 Å². The van der Waals surface area contributed by atoms with E-state index in [9.17, 15) is 0 Å². The molecule has 11 heavy (non-hydrogen) atoms. The smallest absolute Gasteiger partial charge is 0.166 e. The average molecular weight is 172 g/mol. The van der Waals surface area contributed by atoms with Crippen molar-refractivity contribution >= 4 is 17.3 Å². The van der Waals surface area contributed by atoms with E-state index in [-0.39, 0.29) is 0 Å². The van der Waals surface area contributed by atoms with Crippen LogP contribution in [0, 0.1) is 5.92 Å². The lowest BCUT2D eigenvalue weighted by atomic mass is 10.1. The highest BCUT2D eigenvalue weighted by molar-refractivity contribution is 7.80. The minimum atomic E-state index is 0.606. The topological polar surface area (TPSA) is 24.1 Å². The Labute approximate surface area is 73.7 Å². The Morgan fingerprint density at radius 1 is 1.64 bits per heavy atom. The number of hydrogen-bond donors (Lipinski definition) is 2. The van der Waals surface area contributed by atoms with Gasteiger partial charge in [0.05, 0.1) is 0 Å². The van der Waals surface area contributed by atoms with Crippen molar-refractivity contribution in [1.29, 1.82) is 0 Å². The normalized spacial score (nSPS) is 19.1. The van der Waals surface area contributed by atoms with Crippen LogP contribution in [0.4, 0.5) is 0 Å². The first-order valence-corrected chi connectivity index (χ1v) is 4.67. The van der Waals surface area contributed by atoms with Gasteiger partial charge in [-0.15, -0.1) is 0 Å². The maximum atomic E-state index is 5.02. The Kier molecular flexibility index (Phi) is 3.12. The molecule has 0 bridgehead atoms. The molecule has 3 heteroatoms. The molecule has 2 N–H and O–H groups in total. The molecule has 1 aliphatic carbocycles. The molecule has 0 radical (unpaired) electrons. The van der Waals surface area contributed by atoms with Gasteiger partial charge in [0.25, 0.3) is 0 Å². The van der Waals surface area contributed by atoms with Crippen molar-refractivity contribution in [2.24, 2.45) is 5.92 Å². The fourth-order valence-electron chi connectivity index (χ4n) is 1.29. The molecule has 64 valence electrons. The number of hydrogen-bond acceptors (Lipinski definition) is 1. The fraction of sp³-hybridized carbons (Fsp3) is 0.875. The van der Waals surface area contributed by atoms with E-state index in [1.165, 1.54) is 19.3 Å². The molecule has 1 atom stereocenters. The van der Waals surface area contributed by atoms with Crippen molar-refractivity contribution in [1.82, 2.24) is 10.6 Å². The molecule has 0 aromatic rings. The zero-order valence-electron chi connectivity index (χ0n) is 7.18. The zero-order chi connectivity index (χ0) is 8.27. The lowest BCUT2D eigenvalue weighted by molar-refractivity contribution is 0.522. The monoisotopic (exact) mass is 172 g/mol. The van der Waals surface area contributed by atoms with E-state index in [0.29, 0.717) is 6.04 Å². The number of nitrogens with one attached hydrogen (secondary N) is 2. The summed E-state index contributed by atoms with van der Waals surface area (Å²) in [6, 6.07) is 0.606. The van der Waals surface area contributed by atoms with Crippen molar-refractivity contribution in [3.63, 3.8) is 0 Å². The fourth-order valence-corrected chi connectivity index (χ4v) is 1.44. The van der Waals surface area contributed by atoms with E-state index in [0.717, 1.165) is 11.0 Å². The maximum Gasteiger partial charge on any atom is 0.166 e. The minimum Gasteiger partial charge on any atom is -0.366 e. The second-order valence-electron chi connectivity index (χ2n) is 3.08. The van der Waals surface area contributed by atoms with Crippen molar-refractivity contribution in [3.8, 4) is 0 Å². The summed E-state index contributed by atoms with van der Waals surface area (Å²) in [5, 5.41) is 7.01. The largest absolute Gasteiger partial charge is 0.366 e. The van der Waals surface area contributed by atoms with Gasteiger partial charge in [-0.25, -0.2) is 0 Å². The summed E-state index contributed by atoms with van der Waals surface area (Å²) >= 11 is 5.02. The first-order chi connectivity index (χ1) is 5.27. The maximum absolute atomic E-state index is 5.02. The van der Waals surface area contributed by atoms with Gasteiger partial charge >= 0.3 is 0 Å². The van der Waals surface area contributed by atoms with Gasteiger partial charge in [0.15, 0.2) is 5.11 Å². The Balaban J connectivity index is 2.25. The highest BCUT2D eigenvalue weighted by Gasteiger charge is 2.29. The summed E-state index contributed by atoms with van der Waals surface area (Å²) in [7, 11) is 1.86. The molecule has 1 unspecified atom stereocenters. The van der Waals surface area contributed by atoms with Crippen LogP contribution in [0.1, 0.15) is 26.2 Å². The Morgan fingerprint density at radius 3 is 2.64 bits per heavy atom. The van der Waals surface area contributed by atoms with Crippen LogP contribution in [0.3, 0.4) is 0 Å². The first-order valence-electron chi connectivity index (χ1n) is 4.26. The Bertz CT molecular complexity index is 143. The van der Waals surface area contributed by atoms with Crippen LogP contribution in [0.25, 0.3) is 0 Å².